The molecule has 13 heavy (non-hydrogen) atoms. The Morgan fingerprint density at radius 3 is 3.08 bits per heavy atom. The highest BCUT2D eigenvalue weighted by atomic mass is 16.3. The van der Waals surface area contributed by atoms with E-state index < -0.39 is 11.4 Å². The number of aromatic hydroxyl groups is 1. The van der Waals surface area contributed by atoms with Gasteiger partial charge >= 0.3 is 0 Å². The summed E-state index contributed by atoms with van der Waals surface area (Å²) in [7, 11) is 0. The Balaban J connectivity index is 3.11. The molecule has 0 saturated carbocycles. The lowest BCUT2D eigenvalue weighted by Crippen LogP contribution is -2.09. The van der Waals surface area contributed by atoms with Crippen molar-refractivity contribution in [2.45, 2.75) is 6.42 Å². The predicted octanol–water partition coefficient (Wildman–Crippen LogP) is -0.259. The van der Waals surface area contributed by atoms with Crippen molar-refractivity contribution in [3.63, 3.8) is 0 Å². The van der Waals surface area contributed by atoms with Crippen LogP contribution in [0.5, 0.6) is 5.88 Å². The summed E-state index contributed by atoms with van der Waals surface area (Å²) in [5.74, 6) is 4.33. The second-order valence-corrected chi connectivity index (χ2v) is 2.07. The van der Waals surface area contributed by atoms with Crippen molar-refractivity contribution < 1.29 is 5.11 Å². The Morgan fingerprint density at radius 1 is 1.69 bits per heavy atom. The topological polar surface area (TPSA) is 89.8 Å². The first-order chi connectivity index (χ1) is 6.25. The summed E-state index contributed by atoms with van der Waals surface area (Å²) in [4.78, 5) is 16.7. The van der Waals surface area contributed by atoms with Gasteiger partial charge in [0.15, 0.2) is 5.56 Å². The molecule has 0 radical (unpaired) electrons. The number of aromatic amines is 1. The van der Waals surface area contributed by atoms with Crippen LogP contribution in [0.15, 0.2) is 11.1 Å². The molecule has 0 bridgehead atoms. The van der Waals surface area contributed by atoms with E-state index in [0.717, 1.165) is 6.33 Å². The van der Waals surface area contributed by atoms with Crippen molar-refractivity contribution in [1.82, 2.24) is 9.97 Å². The fourth-order valence-corrected chi connectivity index (χ4v) is 0.675. The zero-order valence-electron chi connectivity index (χ0n) is 6.53. The van der Waals surface area contributed by atoms with Gasteiger partial charge in [-0.25, -0.2) is 4.98 Å². The van der Waals surface area contributed by atoms with E-state index in [-0.39, 0.29) is 12.0 Å². The van der Waals surface area contributed by atoms with E-state index in [1.807, 2.05) is 0 Å². The highest BCUT2D eigenvalue weighted by Gasteiger charge is 2.02. The van der Waals surface area contributed by atoms with Gasteiger partial charge in [0, 0.05) is 0 Å². The van der Waals surface area contributed by atoms with Crippen LogP contribution in [-0.4, -0.2) is 15.1 Å². The number of hydrogen-bond donors (Lipinski definition) is 2. The molecular formula is C8H5N3O2. The Kier molecular flexibility index (Phi) is 2.67. The molecule has 0 aliphatic carbocycles. The molecule has 0 spiro atoms. The number of aromatic nitrogens is 2. The minimum Gasteiger partial charge on any atom is -0.492 e. The number of nitriles is 1. The minimum absolute atomic E-state index is 0.00771. The van der Waals surface area contributed by atoms with Crippen molar-refractivity contribution in [3.8, 4) is 23.8 Å². The van der Waals surface area contributed by atoms with Gasteiger partial charge in [-0.05, 0) is 0 Å². The molecule has 5 nitrogen and oxygen atoms in total. The van der Waals surface area contributed by atoms with Gasteiger partial charge in [-0.2, -0.15) is 5.26 Å². The summed E-state index contributed by atoms with van der Waals surface area (Å²) in [5.41, 5.74) is -0.629. The lowest BCUT2D eigenvalue weighted by molar-refractivity contribution is 0.449. The molecule has 0 unspecified atom stereocenters. The van der Waals surface area contributed by atoms with E-state index in [0.29, 0.717) is 0 Å². The molecule has 0 saturated heterocycles. The van der Waals surface area contributed by atoms with Gasteiger partial charge < -0.3 is 10.1 Å². The van der Waals surface area contributed by atoms with Gasteiger partial charge in [-0.1, -0.05) is 11.8 Å². The first-order valence-electron chi connectivity index (χ1n) is 3.38. The average molecular weight is 175 g/mol. The maximum absolute atomic E-state index is 11.0. The minimum atomic E-state index is -0.516. The number of nitrogens with zero attached hydrogens (tertiary/aromatic N) is 2. The van der Waals surface area contributed by atoms with Crippen LogP contribution in [0.4, 0.5) is 0 Å². The lowest BCUT2D eigenvalue weighted by atomic mass is 10.3. The highest BCUT2D eigenvalue weighted by molar-refractivity contribution is 5.38. The zero-order chi connectivity index (χ0) is 9.68. The summed E-state index contributed by atoms with van der Waals surface area (Å²) < 4.78 is 0. The van der Waals surface area contributed by atoms with Crippen molar-refractivity contribution in [2.24, 2.45) is 0 Å². The molecule has 5 heteroatoms. The zero-order valence-corrected chi connectivity index (χ0v) is 6.53. The molecule has 1 rings (SSSR count). The van der Waals surface area contributed by atoms with Crippen LogP contribution in [0.2, 0.25) is 0 Å². The summed E-state index contributed by atoms with van der Waals surface area (Å²) in [6.45, 7) is 0. The predicted molar refractivity (Wildman–Crippen MR) is 43.6 cm³/mol. The largest absolute Gasteiger partial charge is 0.492 e. The maximum Gasteiger partial charge on any atom is 0.270 e. The van der Waals surface area contributed by atoms with Crippen molar-refractivity contribution in [1.29, 1.82) is 5.26 Å². The summed E-state index contributed by atoms with van der Waals surface area (Å²) in [6, 6.07) is 1.79. The van der Waals surface area contributed by atoms with Gasteiger partial charge in [0.2, 0.25) is 5.88 Å². The number of rotatable bonds is 0. The van der Waals surface area contributed by atoms with E-state index >= 15 is 0 Å². The molecule has 1 aromatic rings. The maximum atomic E-state index is 11.0. The number of H-pyrrole nitrogens is 1. The lowest BCUT2D eigenvalue weighted by Gasteiger charge is -1.90. The Hall–Kier alpha value is -2.27. The fraction of sp³-hybridized carbons (Fsp3) is 0.125. The molecule has 0 amide bonds. The quantitative estimate of drug-likeness (QED) is 0.531. The molecule has 0 fully saturated rings. The van der Waals surface area contributed by atoms with Crippen LogP contribution in [-0.2, 0) is 0 Å². The highest BCUT2D eigenvalue weighted by Crippen LogP contribution is 2.03. The standard InChI is InChI=1S/C8H5N3O2/c9-4-2-1-3-6-7(12)10-5-11-8(6)13/h5H,2H2,(H2,10,11,12,13). The monoisotopic (exact) mass is 175 g/mol. The summed E-state index contributed by atoms with van der Waals surface area (Å²) in [6.07, 6.45) is 1.08. The second kappa shape index (κ2) is 3.93. The smallest absolute Gasteiger partial charge is 0.270 e. The van der Waals surface area contributed by atoms with E-state index in [4.69, 9.17) is 10.4 Å². The van der Waals surface area contributed by atoms with Crippen LogP contribution in [0.25, 0.3) is 0 Å². The summed E-state index contributed by atoms with van der Waals surface area (Å²) in [5, 5.41) is 17.2. The van der Waals surface area contributed by atoms with Gasteiger partial charge in [0.1, 0.15) is 0 Å². The average Bonchev–Trinajstić information content (AvgIpc) is 2.10. The van der Waals surface area contributed by atoms with E-state index in [9.17, 15) is 4.79 Å². The van der Waals surface area contributed by atoms with Crippen LogP contribution in [0.3, 0.4) is 0 Å². The third kappa shape index (κ3) is 2.08. The molecular weight excluding hydrogens is 170 g/mol. The molecule has 64 valence electrons. The van der Waals surface area contributed by atoms with Crippen molar-refractivity contribution in [3.05, 3.63) is 22.2 Å². The van der Waals surface area contributed by atoms with Crippen molar-refractivity contribution in [2.75, 3.05) is 0 Å². The van der Waals surface area contributed by atoms with Gasteiger partial charge in [-0.15, -0.1) is 0 Å². The van der Waals surface area contributed by atoms with E-state index in [2.05, 4.69) is 21.8 Å². The molecule has 0 aliphatic rings. The Labute approximate surface area is 73.7 Å². The second-order valence-electron chi connectivity index (χ2n) is 2.07. The van der Waals surface area contributed by atoms with Crippen LogP contribution in [0.1, 0.15) is 12.0 Å². The summed E-state index contributed by atoms with van der Waals surface area (Å²) >= 11 is 0. The van der Waals surface area contributed by atoms with Gasteiger partial charge in [0.05, 0.1) is 18.8 Å². The van der Waals surface area contributed by atoms with Crippen LogP contribution in [0, 0.1) is 23.2 Å². The SMILES string of the molecule is N#CCC#Cc1c(O)nc[nH]c1=O. The van der Waals surface area contributed by atoms with E-state index in [1.54, 1.807) is 6.07 Å². The van der Waals surface area contributed by atoms with Crippen molar-refractivity contribution >= 4 is 0 Å². The third-order valence-electron chi connectivity index (χ3n) is 1.21. The molecule has 1 heterocycles. The Bertz CT molecular complexity index is 459. The first kappa shape index (κ1) is 8.82. The normalized spacial score (nSPS) is 8.23. The number of nitrogens with one attached hydrogen (secondary N) is 1. The van der Waals surface area contributed by atoms with Gasteiger partial charge in [0.25, 0.3) is 5.56 Å². The molecule has 0 aliphatic heterocycles. The Morgan fingerprint density at radius 2 is 2.46 bits per heavy atom. The van der Waals surface area contributed by atoms with E-state index in [1.165, 1.54) is 0 Å². The first-order valence-corrected chi connectivity index (χ1v) is 3.38. The molecule has 2 N–H and O–H groups in total. The van der Waals surface area contributed by atoms with Gasteiger partial charge in [-0.3, -0.25) is 4.79 Å². The molecule has 0 aromatic carbocycles. The van der Waals surface area contributed by atoms with Crippen LogP contribution < -0.4 is 5.56 Å². The molecule has 1 aromatic heterocycles. The van der Waals surface area contributed by atoms with Crippen LogP contribution >= 0.6 is 0 Å². The number of hydrogen-bond acceptors (Lipinski definition) is 4. The third-order valence-corrected chi connectivity index (χ3v) is 1.21. The molecule has 0 atom stereocenters. The fourth-order valence-electron chi connectivity index (χ4n) is 0.675.